The Balaban J connectivity index is 1.64. The molecule has 1 aromatic rings. The Morgan fingerprint density at radius 3 is 2.46 bits per heavy atom. The molecule has 140 valence electrons. The van der Waals surface area contributed by atoms with E-state index in [1.807, 2.05) is 31.2 Å². The zero-order valence-corrected chi connectivity index (χ0v) is 15.5. The van der Waals surface area contributed by atoms with Crippen molar-refractivity contribution in [3.8, 4) is 0 Å². The van der Waals surface area contributed by atoms with Crippen LogP contribution in [-0.4, -0.2) is 17.7 Å². The van der Waals surface area contributed by atoms with E-state index in [-0.39, 0.29) is 17.7 Å². The molecule has 1 aliphatic carbocycles. The Morgan fingerprint density at radius 2 is 1.85 bits per heavy atom. The third-order valence-electron chi connectivity index (χ3n) is 5.99. The first-order valence-electron chi connectivity index (χ1n) is 9.78. The molecule has 5 nitrogen and oxygen atoms in total. The van der Waals surface area contributed by atoms with Gasteiger partial charge in [0.05, 0.1) is 5.41 Å². The Labute approximate surface area is 154 Å². The predicted octanol–water partition coefficient (Wildman–Crippen LogP) is 3.68. The van der Waals surface area contributed by atoms with Crippen LogP contribution in [0.2, 0.25) is 0 Å². The van der Waals surface area contributed by atoms with Gasteiger partial charge in [-0.05, 0) is 49.3 Å². The third-order valence-corrected chi connectivity index (χ3v) is 5.99. The highest BCUT2D eigenvalue weighted by atomic mass is 16.2. The van der Waals surface area contributed by atoms with E-state index in [2.05, 4.69) is 10.6 Å². The van der Waals surface area contributed by atoms with Crippen LogP contribution >= 0.6 is 0 Å². The summed E-state index contributed by atoms with van der Waals surface area (Å²) in [6.45, 7) is 1.97. The van der Waals surface area contributed by atoms with Gasteiger partial charge in [-0.1, -0.05) is 38.3 Å². The number of carbonyl (C=O) groups excluding carboxylic acids is 3. The Bertz CT molecular complexity index is 677. The van der Waals surface area contributed by atoms with Crippen molar-refractivity contribution in [1.82, 2.24) is 5.32 Å². The minimum absolute atomic E-state index is 0.0656. The van der Waals surface area contributed by atoms with Gasteiger partial charge in [-0.2, -0.15) is 0 Å². The minimum Gasteiger partial charge on any atom is -0.326 e. The van der Waals surface area contributed by atoms with Crippen LogP contribution in [0, 0.1) is 5.92 Å². The number of benzene rings is 1. The average molecular weight is 356 g/mol. The fourth-order valence-electron chi connectivity index (χ4n) is 4.30. The van der Waals surface area contributed by atoms with Crippen molar-refractivity contribution in [1.29, 1.82) is 0 Å². The normalized spacial score (nSPS) is 24.2. The predicted molar refractivity (Wildman–Crippen MR) is 101 cm³/mol. The molecule has 2 N–H and O–H groups in total. The summed E-state index contributed by atoms with van der Waals surface area (Å²) in [5.74, 6) is 0.154. The zero-order valence-electron chi connectivity index (χ0n) is 15.5. The van der Waals surface area contributed by atoms with E-state index in [1.165, 1.54) is 19.3 Å². The van der Waals surface area contributed by atoms with Crippen LogP contribution < -0.4 is 10.6 Å². The van der Waals surface area contributed by atoms with Gasteiger partial charge >= 0.3 is 0 Å². The molecular formula is C21H28N2O3. The van der Waals surface area contributed by atoms with E-state index in [0.29, 0.717) is 31.6 Å². The lowest BCUT2D eigenvalue weighted by molar-refractivity contribution is -0.138. The molecular weight excluding hydrogens is 328 g/mol. The molecule has 2 fully saturated rings. The lowest BCUT2D eigenvalue weighted by Gasteiger charge is -2.35. The van der Waals surface area contributed by atoms with E-state index < -0.39 is 5.41 Å². The van der Waals surface area contributed by atoms with Crippen LogP contribution in [-0.2, 0) is 19.8 Å². The van der Waals surface area contributed by atoms with Gasteiger partial charge in [-0.25, -0.2) is 0 Å². The first-order valence-corrected chi connectivity index (χ1v) is 9.78. The monoisotopic (exact) mass is 356 g/mol. The van der Waals surface area contributed by atoms with Crippen LogP contribution in [0.25, 0.3) is 0 Å². The fourth-order valence-corrected chi connectivity index (χ4v) is 4.30. The van der Waals surface area contributed by atoms with Crippen LogP contribution in [0.15, 0.2) is 24.3 Å². The number of imide groups is 1. The smallest absolute Gasteiger partial charge is 0.237 e. The number of hydrogen-bond donors (Lipinski definition) is 2. The van der Waals surface area contributed by atoms with Gasteiger partial charge < -0.3 is 5.32 Å². The first kappa shape index (κ1) is 18.6. The molecule has 1 aromatic carbocycles. The van der Waals surface area contributed by atoms with Gasteiger partial charge in [0.15, 0.2) is 0 Å². The molecule has 1 heterocycles. The number of rotatable bonds is 5. The lowest BCUT2D eigenvalue weighted by atomic mass is 9.72. The molecule has 1 atom stereocenters. The largest absolute Gasteiger partial charge is 0.326 e. The highest BCUT2D eigenvalue weighted by Crippen LogP contribution is 2.36. The second-order valence-corrected chi connectivity index (χ2v) is 7.65. The summed E-state index contributed by atoms with van der Waals surface area (Å²) in [5.41, 5.74) is 1.00. The molecule has 1 saturated carbocycles. The number of piperidine rings is 1. The van der Waals surface area contributed by atoms with Crippen molar-refractivity contribution in [2.45, 2.75) is 70.1 Å². The molecule has 1 saturated heterocycles. The van der Waals surface area contributed by atoms with E-state index in [4.69, 9.17) is 0 Å². The highest BCUT2D eigenvalue weighted by Gasteiger charge is 2.42. The summed E-state index contributed by atoms with van der Waals surface area (Å²) in [5, 5.41) is 5.44. The molecule has 1 aliphatic heterocycles. The second-order valence-electron chi connectivity index (χ2n) is 7.65. The number of carbonyl (C=O) groups is 3. The molecule has 0 aromatic heterocycles. The maximum absolute atomic E-state index is 12.4. The maximum Gasteiger partial charge on any atom is 0.237 e. The Hall–Kier alpha value is -2.17. The standard InChI is InChI=1S/C21H28N2O3/c1-2-21(13-12-18(24)23-20(21)26)16-8-10-17(11-9-16)22-19(25)14-15-6-4-3-5-7-15/h8-11,15H,2-7,12-14H2,1H3,(H,22,25)(H,23,24,26). The van der Waals surface area contributed by atoms with Crippen molar-refractivity contribution < 1.29 is 14.4 Å². The molecule has 0 radical (unpaired) electrons. The minimum atomic E-state index is -0.654. The third kappa shape index (κ3) is 3.97. The number of hydrogen-bond acceptors (Lipinski definition) is 3. The van der Waals surface area contributed by atoms with Crippen molar-refractivity contribution in [2.75, 3.05) is 5.32 Å². The highest BCUT2D eigenvalue weighted by molar-refractivity contribution is 6.03. The van der Waals surface area contributed by atoms with Crippen LogP contribution in [0.3, 0.4) is 0 Å². The number of nitrogens with one attached hydrogen (secondary N) is 2. The molecule has 5 heteroatoms. The number of anilines is 1. The van der Waals surface area contributed by atoms with Gasteiger partial charge in [0.25, 0.3) is 0 Å². The summed E-state index contributed by atoms with van der Waals surface area (Å²) in [4.78, 5) is 36.2. The first-order chi connectivity index (χ1) is 12.5. The maximum atomic E-state index is 12.4. The molecule has 0 spiro atoms. The molecule has 26 heavy (non-hydrogen) atoms. The molecule has 2 aliphatic rings. The van der Waals surface area contributed by atoms with Gasteiger partial charge in [0, 0.05) is 18.5 Å². The van der Waals surface area contributed by atoms with Crippen molar-refractivity contribution in [3.05, 3.63) is 29.8 Å². The summed E-state index contributed by atoms with van der Waals surface area (Å²) < 4.78 is 0. The summed E-state index contributed by atoms with van der Waals surface area (Å²) in [6.07, 6.45) is 8.18. The molecule has 0 bridgehead atoms. The van der Waals surface area contributed by atoms with Gasteiger partial charge in [0.1, 0.15) is 0 Å². The number of amides is 3. The molecule has 1 unspecified atom stereocenters. The quantitative estimate of drug-likeness (QED) is 0.790. The Kier molecular flexibility index (Phi) is 5.74. The van der Waals surface area contributed by atoms with Crippen molar-refractivity contribution in [2.24, 2.45) is 5.92 Å². The van der Waals surface area contributed by atoms with Crippen LogP contribution in [0.1, 0.15) is 70.3 Å². The summed E-state index contributed by atoms with van der Waals surface area (Å²) in [6, 6.07) is 7.51. The fraction of sp³-hybridized carbons (Fsp3) is 0.571. The van der Waals surface area contributed by atoms with Gasteiger partial charge in [-0.15, -0.1) is 0 Å². The van der Waals surface area contributed by atoms with Gasteiger partial charge in [-0.3, -0.25) is 19.7 Å². The van der Waals surface area contributed by atoms with E-state index >= 15 is 0 Å². The summed E-state index contributed by atoms with van der Waals surface area (Å²) in [7, 11) is 0. The van der Waals surface area contributed by atoms with E-state index in [1.54, 1.807) is 0 Å². The van der Waals surface area contributed by atoms with Crippen LogP contribution in [0.5, 0.6) is 0 Å². The lowest BCUT2D eigenvalue weighted by Crippen LogP contribution is -2.51. The van der Waals surface area contributed by atoms with E-state index in [0.717, 1.165) is 24.1 Å². The van der Waals surface area contributed by atoms with Crippen LogP contribution in [0.4, 0.5) is 5.69 Å². The van der Waals surface area contributed by atoms with E-state index in [9.17, 15) is 14.4 Å². The second kappa shape index (κ2) is 8.02. The van der Waals surface area contributed by atoms with Crippen molar-refractivity contribution >= 4 is 23.4 Å². The Morgan fingerprint density at radius 1 is 1.15 bits per heavy atom. The van der Waals surface area contributed by atoms with Crippen molar-refractivity contribution in [3.63, 3.8) is 0 Å². The molecule has 3 amide bonds. The topological polar surface area (TPSA) is 75.3 Å². The SMILES string of the molecule is CCC1(c2ccc(NC(=O)CC3CCCCC3)cc2)CCC(=O)NC1=O. The summed E-state index contributed by atoms with van der Waals surface area (Å²) >= 11 is 0. The van der Waals surface area contributed by atoms with Gasteiger partial charge in [0.2, 0.25) is 17.7 Å². The average Bonchev–Trinajstić information content (AvgIpc) is 2.64. The molecule has 3 rings (SSSR count). The zero-order chi connectivity index (χ0) is 18.6.